The molecule has 0 aromatic carbocycles. The second-order valence-corrected chi connectivity index (χ2v) is 3.05. The van der Waals surface area contributed by atoms with E-state index in [0.717, 1.165) is 6.29 Å². The highest BCUT2D eigenvalue weighted by molar-refractivity contribution is 7.14. The molecule has 0 radical (unpaired) electrons. The first kappa shape index (κ1) is 8.50. The maximum absolute atomic E-state index is 10.2. The zero-order valence-electron chi connectivity index (χ0n) is 6.03. The minimum absolute atomic E-state index is 0.587. The summed E-state index contributed by atoms with van der Waals surface area (Å²) in [4.78, 5) is 21.7. The van der Waals surface area contributed by atoms with Gasteiger partial charge in [0.2, 0.25) is 0 Å². The molecule has 1 rings (SSSR count). The largest absolute Gasteiger partial charge is 0.359 e. The minimum atomic E-state index is -0.670. The van der Waals surface area contributed by atoms with Crippen LogP contribution in [0.5, 0.6) is 0 Å². The van der Waals surface area contributed by atoms with Gasteiger partial charge in [-0.3, -0.25) is 9.59 Å². The van der Waals surface area contributed by atoms with Crippen LogP contribution in [0.2, 0.25) is 0 Å². The number of thiophene rings is 1. The molecule has 1 aromatic heterocycles. The van der Waals surface area contributed by atoms with E-state index in [-0.39, 0.29) is 0 Å². The van der Waals surface area contributed by atoms with E-state index in [0.29, 0.717) is 9.75 Å². The Morgan fingerprint density at radius 3 is 2.83 bits per heavy atom. The summed E-state index contributed by atoms with van der Waals surface area (Å²) < 4.78 is 0. The summed E-state index contributed by atoms with van der Waals surface area (Å²) in [7, 11) is 0. The predicted octanol–water partition coefficient (Wildman–Crippen LogP) is 0.397. The van der Waals surface area contributed by atoms with Gasteiger partial charge in [0.05, 0.1) is 9.75 Å². The molecule has 0 fully saturated rings. The molecule has 0 spiro atoms. The van der Waals surface area contributed by atoms with Crippen molar-refractivity contribution in [3.05, 3.63) is 21.9 Å². The maximum atomic E-state index is 10.2. The fourth-order valence-electron chi connectivity index (χ4n) is 0.607. The average Bonchev–Trinajstić information content (AvgIpc) is 2.48. The fourth-order valence-corrected chi connectivity index (χ4v) is 1.28. The van der Waals surface area contributed by atoms with Crippen molar-refractivity contribution in [2.75, 3.05) is 0 Å². The second-order valence-electron chi connectivity index (χ2n) is 1.93. The van der Waals surface area contributed by atoms with Crippen LogP contribution in [0.25, 0.3) is 0 Å². The highest BCUT2D eigenvalue weighted by atomic mass is 32.1. The molecule has 0 unspecified atom stereocenters. The molecule has 0 aliphatic heterocycles. The third-order valence-electron chi connectivity index (χ3n) is 1.05. The number of carbonyl (C=O) groups is 2. The van der Waals surface area contributed by atoms with Gasteiger partial charge in [-0.2, -0.15) is 0 Å². The molecule has 0 aliphatic carbocycles. The van der Waals surface area contributed by atoms with E-state index >= 15 is 0 Å². The first-order chi connectivity index (χ1) is 5.72. The zero-order chi connectivity index (χ0) is 8.97. The van der Waals surface area contributed by atoms with Crippen LogP contribution in [0, 0.1) is 11.8 Å². The Morgan fingerprint density at radius 2 is 2.33 bits per heavy atom. The van der Waals surface area contributed by atoms with Gasteiger partial charge in [0.25, 0.3) is 5.91 Å². The number of primary amides is 1. The summed E-state index contributed by atoms with van der Waals surface area (Å²) in [6.07, 6.45) is 0.736. The lowest BCUT2D eigenvalue weighted by atomic mass is 10.4. The highest BCUT2D eigenvalue weighted by Gasteiger charge is 1.94. The Balaban J connectivity index is 2.85. The van der Waals surface area contributed by atoms with Gasteiger partial charge in [-0.25, -0.2) is 0 Å². The summed E-state index contributed by atoms with van der Waals surface area (Å²) in [5.41, 5.74) is 4.80. The van der Waals surface area contributed by atoms with Crippen molar-refractivity contribution in [2.24, 2.45) is 5.73 Å². The first-order valence-corrected chi connectivity index (χ1v) is 3.90. The van der Waals surface area contributed by atoms with Gasteiger partial charge >= 0.3 is 0 Å². The number of carbonyl (C=O) groups excluding carboxylic acids is 2. The molecule has 2 N–H and O–H groups in total. The predicted molar refractivity (Wildman–Crippen MR) is 45.8 cm³/mol. The van der Waals surface area contributed by atoms with Crippen LogP contribution in [0.1, 0.15) is 14.5 Å². The van der Waals surface area contributed by atoms with Crippen molar-refractivity contribution in [3.63, 3.8) is 0 Å². The van der Waals surface area contributed by atoms with E-state index in [2.05, 4.69) is 11.8 Å². The molecule has 1 heterocycles. The van der Waals surface area contributed by atoms with Gasteiger partial charge in [0, 0.05) is 5.92 Å². The van der Waals surface area contributed by atoms with E-state index in [9.17, 15) is 9.59 Å². The van der Waals surface area contributed by atoms with E-state index in [1.54, 1.807) is 12.1 Å². The van der Waals surface area contributed by atoms with Crippen LogP contribution < -0.4 is 5.73 Å². The normalized spacial score (nSPS) is 8.33. The molecule has 0 saturated carbocycles. The van der Waals surface area contributed by atoms with Crippen LogP contribution in [0.3, 0.4) is 0 Å². The molecule has 1 aromatic rings. The van der Waals surface area contributed by atoms with Crippen LogP contribution in [-0.2, 0) is 4.79 Å². The Morgan fingerprint density at radius 1 is 1.58 bits per heavy atom. The van der Waals surface area contributed by atoms with Crippen LogP contribution >= 0.6 is 11.3 Å². The van der Waals surface area contributed by atoms with Gasteiger partial charge in [-0.05, 0) is 18.1 Å². The average molecular weight is 179 g/mol. The van der Waals surface area contributed by atoms with Crippen molar-refractivity contribution < 1.29 is 9.59 Å². The van der Waals surface area contributed by atoms with E-state index in [4.69, 9.17) is 5.73 Å². The number of amides is 1. The highest BCUT2D eigenvalue weighted by Crippen LogP contribution is 2.12. The lowest BCUT2D eigenvalue weighted by molar-refractivity contribution is -0.112. The molecule has 0 aliphatic rings. The molecule has 0 saturated heterocycles. The Hall–Kier alpha value is -1.60. The van der Waals surface area contributed by atoms with Gasteiger partial charge in [0.1, 0.15) is 0 Å². The SMILES string of the molecule is NC(=O)C#Cc1ccc(C=O)s1. The zero-order valence-corrected chi connectivity index (χ0v) is 6.85. The number of hydrogen-bond acceptors (Lipinski definition) is 3. The molecule has 0 bridgehead atoms. The van der Waals surface area contributed by atoms with Gasteiger partial charge in [0.15, 0.2) is 6.29 Å². The molecule has 12 heavy (non-hydrogen) atoms. The molecule has 1 amide bonds. The summed E-state index contributed by atoms with van der Waals surface area (Å²) in [5.74, 6) is 4.05. The third kappa shape index (κ3) is 2.22. The minimum Gasteiger partial charge on any atom is -0.359 e. The Labute approximate surface area is 73.2 Å². The van der Waals surface area contributed by atoms with Gasteiger partial charge in [-0.1, -0.05) is 0 Å². The van der Waals surface area contributed by atoms with Crippen molar-refractivity contribution in [1.82, 2.24) is 0 Å². The third-order valence-corrected chi connectivity index (χ3v) is 1.98. The molecule has 4 heteroatoms. The molecule has 0 atom stereocenters. The van der Waals surface area contributed by atoms with Crippen molar-refractivity contribution >= 4 is 23.5 Å². The van der Waals surface area contributed by atoms with E-state index < -0.39 is 5.91 Å². The summed E-state index contributed by atoms with van der Waals surface area (Å²) in [6, 6.07) is 3.31. The summed E-state index contributed by atoms with van der Waals surface area (Å²) >= 11 is 1.23. The van der Waals surface area contributed by atoms with Crippen LogP contribution in [-0.4, -0.2) is 12.2 Å². The van der Waals surface area contributed by atoms with E-state index in [1.165, 1.54) is 11.3 Å². The lowest BCUT2D eigenvalue weighted by Gasteiger charge is -1.75. The first-order valence-electron chi connectivity index (χ1n) is 3.09. The monoisotopic (exact) mass is 179 g/mol. The number of nitrogens with two attached hydrogens (primary N) is 1. The number of aldehydes is 1. The summed E-state index contributed by atoms with van der Waals surface area (Å²) in [5, 5.41) is 0. The summed E-state index contributed by atoms with van der Waals surface area (Å²) in [6.45, 7) is 0. The molecular formula is C8H5NO2S. The van der Waals surface area contributed by atoms with Crippen molar-refractivity contribution in [1.29, 1.82) is 0 Å². The van der Waals surface area contributed by atoms with Crippen LogP contribution in [0.4, 0.5) is 0 Å². The molecule has 3 nitrogen and oxygen atoms in total. The van der Waals surface area contributed by atoms with E-state index in [1.807, 2.05) is 0 Å². The lowest BCUT2D eigenvalue weighted by Crippen LogP contribution is -2.05. The van der Waals surface area contributed by atoms with Crippen LogP contribution in [0.15, 0.2) is 12.1 Å². The van der Waals surface area contributed by atoms with Crippen molar-refractivity contribution in [3.8, 4) is 11.8 Å². The Kier molecular flexibility index (Phi) is 2.62. The Bertz CT molecular complexity index is 370. The van der Waals surface area contributed by atoms with Crippen molar-refractivity contribution in [2.45, 2.75) is 0 Å². The number of rotatable bonds is 1. The smallest absolute Gasteiger partial charge is 0.293 e. The molecular weight excluding hydrogens is 174 g/mol. The van der Waals surface area contributed by atoms with Gasteiger partial charge < -0.3 is 5.73 Å². The van der Waals surface area contributed by atoms with Gasteiger partial charge in [-0.15, -0.1) is 11.3 Å². The standard InChI is InChI=1S/C8H5NO2S/c9-8(11)4-3-6-1-2-7(5-10)12-6/h1-2,5H,(H2,9,11). The number of hydrogen-bond donors (Lipinski definition) is 1. The topological polar surface area (TPSA) is 60.2 Å². The quantitative estimate of drug-likeness (QED) is 0.501. The second kappa shape index (κ2) is 3.69. The fraction of sp³-hybridized carbons (Fsp3) is 0. The maximum Gasteiger partial charge on any atom is 0.293 e. The molecule has 60 valence electrons.